The summed E-state index contributed by atoms with van der Waals surface area (Å²) in [6.07, 6.45) is 1.48. The van der Waals surface area contributed by atoms with E-state index in [4.69, 9.17) is 0 Å². The van der Waals surface area contributed by atoms with Crippen molar-refractivity contribution in [2.24, 2.45) is 5.92 Å². The molecule has 8 heteroatoms. The second-order valence-corrected chi connectivity index (χ2v) is 9.74. The van der Waals surface area contributed by atoms with Crippen LogP contribution in [0.1, 0.15) is 82.1 Å². The summed E-state index contributed by atoms with van der Waals surface area (Å²) < 4.78 is 38.5. The molecule has 0 radical (unpaired) electrons. The molecule has 1 aromatic carbocycles. The molecule has 0 bridgehead atoms. The molecule has 0 heterocycles. The first-order valence-electron chi connectivity index (χ1n) is 11.4. The summed E-state index contributed by atoms with van der Waals surface area (Å²) in [5.74, 6) is -0.669. The van der Waals surface area contributed by atoms with Crippen molar-refractivity contribution in [1.82, 2.24) is 16.0 Å². The van der Waals surface area contributed by atoms with Crippen LogP contribution in [-0.4, -0.2) is 36.0 Å². The molecule has 1 aliphatic carbocycles. The highest BCUT2D eigenvalue weighted by Crippen LogP contribution is 2.31. The predicted octanol–water partition coefficient (Wildman–Crippen LogP) is 4.67. The lowest BCUT2D eigenvalue weighted by atomic mass is 9.78. The van der Waals surface area contributed by atoms with Gasteiger partial charge in [-0.15, -0.1) is 0 Å². The van der Waals surface area contributed by atoms with E-state index in [2.05, 4.69) is 43.6 Å². The lowest BCUT2D eigenvalue weighted by Gasteiger charge is -2.40. The maximum atomic E-state index is 12.8. The van der Waals surface area contributed by atoms with E-state index in [1.165, 1.54) is 12.1 Å². The zero-order valence-electron chi connectivity index (χ0n) is 19.4. The van der Waals surface area contributed by atoms with Gasteiger partial charge in [0.15, 0.2) is 0 Å². The molecule has 32 heavy (non-hydrogen) atoms. The smallest absolute Gasteiger partial charge is 0.352 e. The van der Waals surface area contributed by atoms with Crippen molar-refractivity contribution in [3.05, 3.63) is 35.4 Å². The van der Waals surface area contributed by atoms with E-state index in [-0.39, 0.29) is 29.6 Å². The Bertz CT molecular complexity index is 774. The summed E-state index contributed by atoms with van der Waals surface area (Å²) in [6.45, 7) is 8.32. The number of halogens is 3. The predicted molar refractivity (Wildman–Crippen MR) is 119 cm³/mol. The fraction of sp³-hybridized carbons (Fsp3) is 0.667. The molecule has 0 saturated heterocycles. The molecule has 1 aromatic rings. The fourth-order valence-corrected chi connectivity index (χ4v) is 4.34. The monoisotopic (exact) mass is 455 g/mol. The highest BCUT2D eigenvalue weighted by molar-refractivity contribution is 5.96. The molecule has 0 aromatic heterocycles. The van der Waals surface area contributed by atoms with Crippen LogP contribution in [0.25, 0.3) is 0 Å². The molecule has 0 spiro atoms. The molecule has 3 N–H and O–H groups in total. The number of rotatable bonds is 8. The second kappa shape index (κ2) is 11.2. The number of unbranched alkanes of at least 4 members (excludes halogenated alkanes) is 1. The maximum Gasteiger partial charge on any atom is 0.416 e. The number of carbonyl (C=O) groups excluding carboxylic acids is 2. The van der Waals surface area contributed by atoms with Crippen molar-refractivity contribution < 1.29 is 22.8 Å². The van der Waals surface area contributed by atoms with Gasteiger partial charge in [0.2, 0.25) is 5.91 Å². The number of nitrogens with one attached hydrogen (secondary N) is 3. The number of hydrogen-bond acceptors (Lipinski definition) is 3. The summed E-state index contributed by atoms with van der Waals surface area (Å²) in [5, 5.41) is 9.14. The van der Waals surface area contributed by atoms with Crippen molar-refractivity contribution in [3.63, 3.8) is 0 Å². The van der Waals surface area contributed by atoms with Crippen LogP contribution in [0.3, 0.4) is 0 Å². The highest BCUT2D eigenvalue weighted by atomic mass is 19.4. The maximum absolute atomic E-state index is 12.8. The molecule has 5 nitrogen and oxygen atoms in total. The van der Waals surface area contributed by atoms with E-state index in [9.17, 15) is 22.8 Å². The Morgan fingerprint density at radius 2 is 1.84 bits per heavy atom. The van der Waals surface area contributed by atoms with Gasteiger partial charge in [-0.05, 0) is 70.6 Å². The Balaban J connectivity index is 1.91. The third-order valence-electron chi connectivity index (χ3n) is 5.76. The largest absolute Gasteiger partial charge is 0.416 e. The normalized spacial score (nSPS) is 21.8. The van der Waals surface area contributed by atoms with Crippen LogP contribution >= 0.6 is 0 Å². The lowest BCUT2D eigenvalue weighted by molar-refractivity contribution is -0.137. The fourth-order valence-electron chi connectivity index (χ4n) is 4.34. The van der Waals surface area contributed by atoms with E-state index in [1.807, 2.05) is 0 Å². The number of hydrogen-bond donors (Lipinski definition) is 3. The Morgan fingerprint density at radius 1 is 1.12 bits per heavy atom. The van der Waals surface area contributed by atoms with Crippen molar-refractivity contribution in [1.29, 1.82) is 0 Å². The zero-order valence-corrected chi connectivity index (χ0v) is 19.4. The van der Waals surface area contributed by atoms with Crippen LogP contribution in [0.2, 0.25) is 0 Å². The Kier molecular flexibility index (Phi) is 9.13. The Hall–Kier alpha value is -2.09. The molecule has 0 aliphatic heterocycles. The van der Waals surface area contributed by atoms with Gasteiger partial charge in [0, 0.05) is 23.2 Å². The minimum atomic E-state index is -4.53. The minimum absolute atomic E-state index is 0.0315. The molecule has 2 amide bonds. The van der Waals surface area contributed by atoms with Gasteiger partial charge in [-0.25, -0.2) is 0 Å². The van der Waals surface area contributed by atoms with Crippen LogP contribution in [0.5, 0.6) is 0 Å². The third-order valence-corrected chi connectivity index (χ3v) is 5.76. The van der Waals surface area contributed by atoms with Crippen LogP contribution in [-0.2, 0) is 11.0 Å². The van der Waals surface area contributed by atoms with Gasteiger partial charge in [0.25, 0.3) is 5.91 Å². The van der Waals surface area contributed by atoms with Gasteiger partial charge < -0.3 is 16.0 Å². The summed E-state index contributed by atoms with van der Waals surface area (Å²) in [7, 11) is 0. The summed E-state index contributed by atoms with van der Waals surface area (Å²) >= 11 is 0. The Morgan fingerprint density at radius 3 is 2.47 bits per heavy atom. The van der Waals surface area contributed by atoms with Gasteiger partial charge >= 0.3 is 6.18 Å². The molecule has 1 aliphatic rings. The lowest BCUT2D eigenvalue weighted by Crippen LogP contribution is -2.52. The van der Waals surface area contributed by atoms with E-state index in [0.29, 0.717) is 12.0 Å². The first kappa shape index (κ1) is 26.2. The molecule has 0 unspecified atom stereocenters. The van der Waals surface area contributed by atoms with Crippen LogP contribution < -0.4 is 16.0 Å². The molecular weight excluding hydrogens is 419 g/mol. The molecule has 2 rings (SSSR count). The topological polar surface area (TPSA) is 70.2 Å². The SMILES string of the molecule is CCCC[C@H]1C[C@H](NC(C)(C)C)CC[C@@H]1NC(=O)CNC(=O)c1cccc(C(F)(F)F)c1. The molecule has 1 saturated carbocycles. The van der Waals surface area contributed by atoms with Gasteiger partial charge in [0.1, 0.15) is 0 Å². The standard InChI is InChI=1S/C24H36F3N3O2/c1-5-6-8-16-14-19(30-23(2,3)4)11-12-20(16)29-21(31)15-28-22(32)17-9-7-10-18(13-17)24(25,26)27/h7,9-10,13,16,19-20,30H,5-6,8,11-12,14-15H2,1-4H3,(H,28,32)(H,29,31)/t16-,19+,20-/m0/s1. The van der Waals surface area contributed by atoms with Gasteiger partial charge in [-0.3, -0.25) is 9.59 Å². The van der Waals surface area contributed by atoms with Crippen molar-refractivity contribution in [2.45, 2.75) is 90.0 Å². The van der Waals surface area contributed by atoms with E-state index >= 15 is 0 Å². The number of amides is 2. The average molecular weight is 456 g/mol. The summed E-state index contributed by atoms with van der Waals surface area (Å²) in [5.41, 5.74) is -0.986. The molecule has 180 valence electrons. The second-order valence-electron chi connectivity index (χ2n) is 9.74. The summed E-state index contributed by atoms with van der Waals surface area (Å²) in [4.78, 5) is 24.7. The Labute approximate surface area is 188 Å². The first-order valence-corrected chi connectivity index (χ1v) is 11.4. The van der Waals surface area contributed by atoms with E-state index < -0.39 is 17.6 Å². The van der Waals surface area contributed by atoms with Crippen LogP contribution in [0.4, 0.5) is 13.2 Å². The molecular formula is C24H36F3N3O2. The van der Waals surface area contributed by atoms with Crippen LogP contribution in [0.15, 0.2) is 24.3 Å². The molecule has 1 fully saturated rings. The van der Waals surface area contributed by atoms with Crippen molar-refractivity contribution in [3.8, 4) is 0 Å². The zero-order chi connectivity index (χ0) is 23.9. The third kappa shape index (κ3) is 8.45. The van der Waals surface area contributed by atoms with Gasteiger partial charge in [0.05, 0.1) is 12.1 Å². The van der Waals surface area contributed by atoms with Crippen LogP contribution in [0, 0.1) is 5.92 Å². The van der Waals surface area contributed by atoms with Crippen molar-refractivity contribution >= 4 is 11.8 Å². The minimum Gasteiger partial charge on any atom is -0.352 e. The van der Waals surface area contributed by atoms with E-state index in [0.717, 1.165) is 50.7 Å². The number of alkyl halides is 3. The molecule has 3 atom stereocenters. The quantitative estimate of drug-likeness (QED) is 0.534. The van der Waals surface area contributed by atoms with E-state index in [1.54, 1.807) is 0 Å². The number of benzene rings is 1. The first-order chi connectivity index (χ1) is 14.9. The number of carbonyl (C=O) groups is 2. The van der Waals surface area contributed by atoms with Gasteiger partial charge in [-0.1, -0.05) is 25.8 Å². The van der Waals surface area contributed by atoms with Gasteiger partial charge in [-0.2, -0.15) is 13.2 Å². The highest BCUT2D eigenvalue weighted by Gasteiger charge is 2.33. The summed E-state index contributed by atoms with van der Waals surface area (Å²) in [6, 6.07) is 4.62. The van der Waals surface area contributed by atoms with Crippen molar-refractivity contribution in [2.75, 3.05) is 6.54 Å². The average Bonchev–Trinajstić information content (AvgIpc) is 2.70.